The van der Waals surface area contributed by atoms with Crippen molar-refractivity contribution in [1.29, 1.82) is 0 Å². The first-order valence-electron chi connectivity index (χ1n) is 8.09. The molecule has 0 radical (unpaired) electrons. The molecule has 0 aromatic heterocycles. The summed E-state index contributed by atoms with van der Waals surface area (Å²) in [5, 5.41) is 11.1. The number of rotatable bonds is 6. The fourth-order valence-electron chi connectivity index (χ4n) is 2.45. The summed E-state index contributed by atoms with van der Waals surface area (Å²) in [7, 11) is 0. The molecule has 0 spiro atoms. The Morgan fingerprint density at radius 2 is 2.00 bits per heavy atom. The highest BCUT2D eigenvalue weighted by Crippen LogP contribution is 2.24. The number of esters is 1. The molecule has 0 bridgehead atoms. The Morgan fingerprint density at radius 1 is 1.26 bits per heavy atom. The van der Waals surface area contributed by atoms with Crippen LogP contribution in [0.15, 0.2) is 65.8 Å². The van der Waals surface area contributed by atoms with Gasteiger partial charge < -0.3 is 9.47 Å². The van der Waals surface area contributed by atoms with Crippen molar-refractivity contribution in [2.24, 2.45) is 4.99 Å². The lowest BCUT2D eigenvalue weighted by Gasteiger charge is -2.02. The Hall–Kier alpha value is -3.74. The maximum atomic E-state index is 12.1. The number of nitro groups is 1. The molecule has 2 aromatic carbocycles. The Balaban J connectivity index is 1.85. The fourth-order valence-corrected chi connectivity index (χ4v) is 2.45. The van der Waals surface area contributed by atoms with Crippen molar-refractivity contribution in [1.82, 2.24) is 0 Å². The van der Waals surface area contributed by atoms with Crippen molar-refractivity contribution in [2.45, 2.75) is 6.92 Å². The highest BCUT2D eigenvalue weighted by Gasteiger charge is 2.25. The van der Waals surface area contributed by atoms with Crippen LogP contribution in [0.1, 0.15) is 16.7 Å². The van der Waals surface area contributed by atoms with E-state index in [0.29, 0.717) is 23.5 Å². The Labute approximate surface area is 155 Å². The number of cyclic esters (lactones) is 1. The van der Waals surface area contributed by atoms with E-state index in [0.717, 1.165) is 5.56 Å². The Kier molecular flexibility index (Phi) is 5.12. The van der Waals surface area contributed by atoms with Gasteiger partial charge in [-0.1, -0.05) is 30.9 Å². The molecule has 1 aliphatic heterocycles. The molecular formula is C20H16N2O5. The number of nitro benzene ring substituents is 1. The minimum atomic E-state index is -0.611. The van der Waals surface area contributed by atoms with E-state index < -0.39 is 10.9 Å². The van der Waals surface area contributed by atoms with E-state index in [9.17, 15) is 14.9 Å². The van der Waals surface area contributed by atoms with E-state index in [2.05, 4.69) is 11.6 Å². The molecule has 0 saturated carbocycles. The van der Waals surface area contributed by atoms with Gasteiger partial charge in [0.25, 0.3) is 5.69 Å². The third-order valence-electron chi connectivity index (χ3n) is 3.82. The minimum absolute atomic E-state index is 0.0419. The van der Waals surface area contributed by atoms with Crippen molar-refractivity contribution >= 4 is 23.6 Å². The van der Waals surface area contributed by atoms with Crippen LogP contribution in [0.4, 0.5) is 5.69 Å². The zero-order valence-corrected chi connectivity index (χ0v) is 14.5. The molecule has 0 aliphatic carbocycles. The minimum Gasteiger partial charge on any atom is -0.490 e. The number of nitrogens with zero attached hydrogens (tertiary/aromatic N) is 2. The third-order valence-corrected chi connectivity index (χ3v) is 3.82. The van der Waals surface area contributed by atoms with Gasteiger partial charge in [-0.05, 0) is 36.8 Å². The van der Waals surface area contributed by atoms with Crippen LogP contribution in [0, 0.1) is 17.0 Å². The highest BCUT2D eigenvalue weighted by atomic mass is 16.6. The van der Waals surface area contributed by atoms with Gasteiger partial charge in [-0.15, -0.1) is 0 Å². The predicted molar refractivity (Wildman–Crippen MR) is 101 cm³/mol. The number of hydrogen-bond donors (Lipinski definition) is 0. The van der Waals surface area contributed by atoms with E-state index in [-0.39, 0.29) is 17.3 Å². The molecule has 2 aromatic rings. The van der Waals surface area contributed by atoms with Gasteiger partial charge in [-0.2, -0.15) is 0 Å². The smallest absolute Gasteiger partial charge is 0.363 e. The molecule has 7 nitrogen and oxygen atoms in total. The number of aryl methyl sites for hydroxylation is 1. The van der Waals surface area contributed by atoms with Crippen LogP contribution in [-0.2, 0) is 9.53 Å². The zero-order chi connectivity index (χ0) is 19.4. The standard InChI is InChI=1S/C20H16N2O5/c1-3-10-26-16-8-5-14(6-9-16)11-17-20(23)27-19(21-17)15-7-4-13(2)18(12-15)22(24)25/h3-9,11-12H,1,10H2,2H3/b17-11-. The second-order valence-electron chi connectivity index (χ2n) is 5.76. The number of aliphatic imine (C=N–C) groups is 1. The molecule has 0 fully saturated rings. The molecular weight excluding hydrogens is 348 g/mol. The number of hydrogen-bond acceptors (Lipinski definition) is 6. The van der Waals surface area contributed by atoms with Crippen molar-refractivity contribution in [3.8, 4) is 5.75 Å². The van der Waals surface area contributed by atoms with Crippen LogP contribution in [-0.4, -0.2) is 23.4 Å². The molecule has 0 atom stereocenters. The van der Waals surface area contributed by atoms with Crippen LogP contribution in [0.25, 0.3) is 6.08 Å². The number of benzene rings is 2. The monoisotopic (exact) mass is 364 g/mol. The van der Waals surface area contributed by atoms with Gasteiger partial charge in [0.2, 0.25) is 5.90 Å². The maximum absolute atomic E-state index is 12.1. The molecule has 136 valence electrons. The van der Waals surface area contributed by atoms with Gasteiger partial charge in [0.05, 0.1) is 4.92 Å². The van der Waals surface area contributed by atoms with Crippen molar-refractivity contribution < 1.29 is 19.2 Å². The van der Waals surface area contributed by atoms with Crippen LogP contribution in [0.2, 0.25) is 0 Å². The normalized spacial score (nSPS) is 14.6. The average molecular weight is 364 g/mol. The van der Waals surface area contributed by atoms with Gasteiger partial charge in [-0.25, -0.2) is 9.79 Å². The molecule has 1 aliphatic rings. The summed E-state index contributed by atoms with van der Waals surface area (Å²) >= 11 is 0. The fraction of sp³-hybridized carbons (Fsp3) is 0.100. The Morgan fingerprint density at radius 3 is 2.67 bits per heavy atom. The molecule has 0 amide bonds. The molecule has 3 rings (SSSR count). The quantitative estimate of drug-likeness (QED) is 0.255. The summed E-state index contributed by atoms with van der Waals surface area (Å²) in [6, 6.07) is 11.7. The largest absolute Gasteiger partial charge is 0.490 e. The van der Waals surface area contributed by atoms with Crippen molar-refractivity contribution in [3.63, 3.8) is 0 Å². The molecule has 27 heavy (non-hydrogen) atoms. The zero-order valence-electron chi connectivity index (χ0n) is 14.5. The van der Waals surface area contributed by atoms with Gasteiger partial charge in [0.15, 0.2) is 5.70 Å². The van der Waals surface area contributed by atoms with E-state index in [1.807, 2.05) is 0 Å². The van der Waals surface area contributed by atoms with E-state index >= 15 is 0 Å². The molecule has 0 unspecified atom stereocenters. The van der Waals surface area contributed by atoms with Crippen LogP contribution in [0.3, 0.4) is 0 Å². The first-order chi connectivity index (χ1) is 13.0. The predicted octanol–water partition coefficient (Wildman–Crippen LogP) is 3.81. The summed E-state index contributed by atoms with van der Waals surface area (Å²) < 4.78 is 10.6. The SMILES string of the molecule is C=CCOc1ccc(/C=C2\N=C(c3ccc(C)c([N+](=O)[O-])c3)OC2=O)cc1. The van der Waals surface area contributed by atoms with E-state index in [4.69, 9.17) is 9.47 Å². The lowest BCUT2D eigenvalue weighted by Crippen LogP contribution is -2.06. The highest BCUT2D eigenvalue weighted by molar-refractivity contribution is 6.13. The summed E-state index contributed by atoms with van der Waals surface area (Å²) in [6.45, 7) is 5.63. The lowest BCUT2D eigenvalue weighted by atomic mass is 10.1. The summed E-state index contributed by atoms with van der Waals surface area (Å²) in [4.78, 5) is 26.9. The second-order valence-corrected chi connectivity index (χ2v) is 5.76. The number of carbonyl (C=O) groups excluding carboxylic acids is 1. The van der Waals surface area contributed by atoms with E-state index in [1.165, 1.54) is 6.07 Å². The molecule has 0 N–H and O–H groups in total. The van der Waals surface area contributed by atoms with Crippen molar-refractivity contribution in [2.75, 3.05) is 6.61 Å². The van der Waals surface area contributed by atoms with Gasteiger partial charge in [0.1, 0.15) is 12.4 Å². The van der Waals surface area contributed by atoms with Gasteiger partial charge >= 0.3 is 5.97 Å². The summed E-state index contributed by atoms with van der Waals surface area (Å²) in [6.07, 6.45) is 3.23. The molecule has 1 heterocycles. The maximum Gasteiger partial charge on any atom is 0.363 e. The van der Waals surface area contributed by atoms with Gasteiger partial charge in [0, 0.05) is 17.2 Å². The van der Waals surface area contributed by atoms with E-state index in [1.54, 1.807) is 55.5 Å². The summed E-state index contributed by atoms with van der Waals surface area (Å²) in [5.41, 5.74) is 1.69. The lowest BCUT2D eigenvalue weighted by molar-refractivity contribution is -0.385. The summed E-state index contributed by atoms with van der Waals surface area (Å²) in [5.74, 6) is 0.114. The topological polar surface area (TPSA) is 91.0 Å². The molecule has 0 saturated heterocycles. The van der Waals surface area contributed by atoms with Crippen LogP contribution >= 0.6 is 0 Å². The molecule has 7 heteroatoms. The first kappa shape index (κ1) is 18.1. The number of ether oxygens (including phenoxy) is 2. The average Bonchev–Trinajstić information content (AvgIpc) is 3.02. The Bertz CT molecular complexity index is 974. The first-order valence-corrected chi connectivity index (χ1v) is 8.09. The number of carbonyl (C=O) groups is 1. The van der Waals surface area contributed by atoms with Crippen LogP contribution < -0.4 is 4.74 Å². The second kappa shape index (κ2) is 7.65. The van der Waals surface area contributed by atoms with Crippen LogP contribution in [0.5, 0.6) is 5.75 Å². The van der Waals surface area contributed by atoms with Gasteiger partial charge in [-0.3, -0.25) is 10.1 Å². The van der Waals surface area contributed by atoms with Crippen molar-refractivity contribution in [3.05, 3.63) is 87.6 Å². The third kappa shape index (κ3) is 4.09.